The number of carbonyl (C=O) groups is 3. The molecule has 0 unspecified atom stereocenters. The van der Waals surface area contributed by atoms with Crippen molar-refractivity contribution in [1.82, 2.24) is 10.2 Å². The molecule has 1 aromatic carbocycles. The Kier molecular flexibility index (Phi) is 5.36. The van der Waals surface area contributed by atoms with Gasteiger partial charge in [-0.25, -0.2) is 0 Å². The summed E-state index contributed by atoms with van der Waals surface area (Å²) in [6.45, 7) is 0.592. The number of nitrogens with zero attached hydrogens (tertiary/aromatic N) is 1. The molecule has 0 bridgehead atoms. The molecule has 134 valence electrons. The van der Waals surface area contributed by atoms with Crippen LogP contribution in [-0.4, -0.2) is 36.3 Å². The van der Waals surface area contributed by atoms with Gasteiger partial charge in [-0.15, -0.1) is 0 Å². The Balaban J connectivity index is 1.47. The summed E-state index contributed by atoms with van der Waals surface area (Å²) in [5.74, 6) is 0.136. The number of imide groups is 1. The minimum atomic E-state index is -0.161. The Labute approximate surface area is 147 Å². The molecule has 1 aliphatic carbocycles. The fraction of sp³-hybridized carbons (Fsp3) is 0.526. The lowest BCUT2D eigenvalue weighted by molar-refractivity contribution is -0.140. The van der Waals surface area contributed by atoms with E-state index in [1.165, 1.54) is 4.90 Å². The van der Waals surface area contributed by atoms with E-state index in [9.17, 15) is 14.4 Å². The van der Waals surface area contributed by atoms with Gasteiger partial charge in [0.2, 0.25) is 17.7 Å². The predicted molar refractivity (Wildman–Crippen MR) is 91.6 cm³/mol. The molecule has 25 heavy (non-hydrogen) atoms. The summed E-state index contributed by atoms with van der Waals surface area (Å²) in [5, 5.41) is 2.82. The average Bonchev–Trinajstić information content (AvgIpc) is 2.89. The van der Waals surface area contributed by atoms with E-state index in [2.05, 4.69) is 5.32 Å². The fourth-order valence-electron chi connectivity index (χ4n) is 3.70. The molecule has 1 aliphatic heterocycles. The average molecular weight is 344 g/mol. The second kappa shape index (κ2) is 7.68. The number of hydrogen-bond donors (Lipinski definition) is 1. The molecule has 1 aromatic rings. The van der Waals surface area contributed by atoms with Crippen LogP contribution in [0.4, 0.5) is 0 Å². The monoisotopic (exact) mass is 344 g/mol. The van der Waals surface area contributed by atoms with Gasteiger partial charge in [-0.1, -0.05) is 25.0 Å². The van der Waals surface area contributed by atoms with E-state index in [1.54, 1.807) is 7.11 Å². The lowest BCUT2D eigenvalue weighted by Crippen LogP contribution is -2.35. The first kappa shape index (κ1) is 17.5. The summed E-state index contributed by atoms with van der Waals surface area (Å²) in [4.78, 5) is 38.1. The maximum atomic E-state index is 12.4. The molecule has 6 heteroatoms. The van der Waals surface area contributed by atoms with Gasteiger partial charge in [0.25, 0.3) is 0 Å². The van der Waals surface area contributed by atoms with Gasteiger partial charge in [0.1, 0.15) is 5.75 Å². The summed E-state index contributed by atoms with van der Waals surface area (Å²) in [5.41, 5.74) is 0.966. The first-order valence-electron chi connectivity index (χ1n) is 8.85. The van der Waals surface area contributed by atoms with Crippen LogP contribution in [-0.2, 0) is 20.9 Å². The third kappa shape index (κ3) is 3.83. The number of likely N-dealkylation sites (tertiary alicyclic amines) is 1. The minimum absolute atomic E-state index is 0.0855. The molecule has 0 radical (unpaired) electrons. The van der Waals surface area contributed by atoms with Crippen molar-refractivity contribution in [3.05, 3.63) is 29.8 Å². The second-order valence-corrected chi connectivity index (χ2v) is 6.70. The van der Waals surface area contributed by atoms with Gasteiger partial charge in [0.15, 0.2) is 0 Å². The van der Waals surface area contributed by atoms with Gasteiger partial charge in [-0.2, -0.15) is 0 Å². The van der Waals surface area contributed by atoms with Crippen LogP contribution in [0.5, 0.6) is 5.75 Å². The van der Waals surface area contributed by atoms with Crippen molar-refractivity contribution >= 4 is 17.7 Å². The van der Waals surface area contributed by atoms with Gasteiger partial charge >= 0.3 is 0 Å². The highest BCUT2D eigenvalue weighted by molar-refractivity contribution is 6.05. The van der Waals surface area contributed by atoms with Gasteiger partial charge < -0.3 is 10.1 Å². The highest BCUT2D eigenvalue weighted by Crippen LogP contribution is 2.37. The molecule has 1 N–H and O–H groups in total. The summed E-state index contributed by atoms with van der Waals surface area (Å²) in [7, 11) is 1.61. The number of amides is 3. The van der Waals surface area contributed by atoms with Crippen molar-refractivity contribution in [2.24, 2.45) is 11.8 Å². The topological polar surface area (TPSA) is 75.7 Å². The van der Waals surface area contributed by atoms with Crippen LogP contribution in [0.25, 0.3) is 0 Å². The van der Waals surface area contributed by atoms with Crippen molar-refractivity contribution in [2.75, 3.05) is 13.7 Å². The van der Waals surface area contributed by atoms with Crippen molar-refractivity contribution in [1.29, 1.82) is 0 Å². The highest BCUT2D eigenvalue weighted by atomic mass is 16.5. The molecule has 2 atom stereocenters. The van der Waals surface area contributed by atoms with Gasteiger partial charge in [0, 0.05) is 19.5 Å². The predicted octanol–water partition coefficient (Wildman–Crippen LogP) is 1.88. The molecular weight excluding hydrogens is 320 g/mol. The Morgan fingerprint density at radius 1 is 1.12 bits per heavy atom. The van der Waals surface area contributed by atoms with Crippen molar-refractivity contribution in [2.45, 2.75) is 38.6 Å². The standard InChI is InChI=1S/C19H24N2O4/c1-25-14-8-6-13(7-9-14)12-20-17(22)10-11-21-18(23)15-4-2-3-5-16(15)19(21)24/h6-9,15-16H,2-5,10-12H2,1H3,(H,20,22)/t15-,16-/m0/s1. The first-order chi connectivity index (χ1) is 12.1. The van der Waals surface area contributed by atoms with Crippen molar-refractivity contribution in [3.8, 4) is 5.75 Å². The lowest BCUT2D eigenvalue weighted by Gasteiger charge is -2.19. The van der Waals surface area contributed by atoms with E-state index in [1.807, 2.05) is 24.3 Å². The number of carbonyl (C=O) groups excluding carboxylic acids is 3. The molecule has 1 heterocycles. The normalized spacial score (nSPS) is 22.7. The summed E-state index contributed by atoms with van der Waals surface area (Å²) >= 11 is 0. The Hall–Kier alpha value is -2.37. The van der Waals surface area contributed by atoms with Crippen LogP contribution in [0.15, 0.2) is 24.3 Å². The number of benzene rings is 1. The Bertz CT molecular complexity index is 632. The Morgan fingerprint density at radius 3 is 2.28 bits per heavy atom. The quantitative estimate of drug-likeness (QED) is 0.800. The third-order valence-electron chi connectivity index (χ3n) is 5.14. The fourth-order valence-corrected chi connectivity index (χ4v) is 3.70. The van der Waals surface area contributed by atoms with E-state index >= 15 is 0 Å². The van der Waals surface area contributed by atoms with Crippen LogP contribution in [0.2, 0.25) is 0 Å². The van der Waals surface area contributed by atoms with Crippen LogP contribution >= 0.6 is 0 Å². The second-order valence-electron chi connectivity index (χ2n) is 6.70. The van der Waals surface area contributed by atoms with Crippen molar-refractivity contribution in [3.63, 3.8) is 0 Å². The smallest absolute Gasteiger partial charge is 0.233 e. The van der Waals surface area contributed by atoms with Crippen LogP contribution in [0, 0.1) is 11.8 Å². The van der Waals surface area contributed by atoms with Crippen molar-refractivity contribution < 1.29 is 19.1 Å². The highest BCUT2D eigenvalue weighted by Gasteiger charge is 2.47. The van der Waals surface area contributed by atoms with Crippen LogP contribution in [0.1, 0.15) is 37.7 Å². The molecule has 0 spiro atoms. The van der Waals surface area contributed by atoms with E-state index in [0.29, 0.717) is 6.54 Å². The number of nitrogens with one attached hydrogen (secondary N) is 1. The first-order valence-corrected chi connectivity index (χ1v) is 8.85. The minimum Gasteiger partial charge on any atom is -0.497 e. The van der Waals surface area contributed by atoms with E-state index in [4.69, 9.17) is 4.74 Å². The molecule has 1 saturated carbocycles. The molecule has 1 saturated heterocycles. The summed E-state index contributed by atoms with van der Waals surface area (Å²) < 4.78 is 5.09. The lowest BCUT2D eigenvalue weighted by atomic mass is 9.81. The summed E-state index contributed by atoms with van der Waals surface area (Å²) in [6.07, 6.45) is 3.77. The van der Waals surface area contributed by atoms with Crippen LogP contribution in [0.3, 0.4) is 0 Å². The number of methoxy groups -OCH3 is 1. The number of hydrogen-bond acceptors (Lipinski definition) is 4. The largest absolute Gasteiger partial charge is 0.497 e. The van der Waals surface area contributed by atoms with Gasteiger partial charge in [-0.05, 0) is 30.5 Å². The zero-order chi connectivity index (χ0) is 17.8. The molecule has 0 aromatic heterocycles. The van der Waals surface area contributed by atoms with E-state index in [0.717, 1.165) is 37.0 Å². The maximum absolute atomic E-state index is 12.4. The number of fused-ring (bicyclic) bond motifs is 1. The molecule has 3 amide bonds. The van der Waals surface area contributed by atoms with E-state index in [-0.39, 0.29) is 42.5 Å². The maximum Gasteiger partial charge on any atom is 0.233 e. The molecule has 2 aliphatic rings. The molecule has 2 fully saturated rings. The SMILES string of the molecule is COc1ccc(CNC(=O)CCN2C(=O)[C@H]3CCCC[C@@H]3C2=O)cc1. The zero-order valence-corrected chi connectivity index (χ0v) is 14.5. The molecular formula is C19H24N2O4. The molecule has 3 rings (SSSR count). The molecule has 6 nitrogen and oxygen atoms in total. The van der Waals surface area contributed by atoms with Crippen LogP contribution < -0.4 is 10.1 Å². The zero-order valence-electron chi connectivity index (χ0n) is 14.5. The van der Waals surface area contributed by atoms with E-state index < -0.39 is 0 Å². The Morgan fingerprint density at radius 2 is 1.72 bits per heavy atom. The summed E-state index contributed by atoms with van der Waals surface area (Å²) in [6, 6.07) is 7.45. The third-order valence-corrected chi connectivity index (χ3v) is 5.14. The number of ether oxygens (including phenoxy) is 1. The van der Waals surface area contributed by atoms with Gasteiger partial charge in [0.05, 0.1) is 18.9 Å². The number of rotatable bonds is 6. The van der Waals surface area contributed by atoms with Gasteiger partial charge in [-0.3, -0.25) is 19.3 Å².